The van der Waals surface area contributed by atoms with Crippen LogP contribution in [0.3, 0.4) is 0 Å². The van der Waals surface area contributed by atoms with Crippen LogP contribution < -0.4 is 4.90 Å². The van der Waals surface area contributed by atoms with Gasteiger partial charge in [-0.05, 0) is 48.6 Å². The maximum atomic E-state index is 14.7. The van der Waals surface area contributed by atoms with E-state index in [0.29, 0.717) is 38.0 Å². The van der Waals surface area contributed by atoms with Crippen LogP contribution in [0.25, 0.3) is 10.8 Å². The quantitative estimate of drug-likeness (QED) is 0.220. The van der Waals surface area contributed by atoms with Crippen molar-refractivity contribution in [1.82, 2.24) is 9.80 Å². The van der Waals surface area contributed by atoms with Crippen LogP contribution in [0.5, 0.6) is 0 Å². The molecule has 0 radical (unpaired) electrons. The van der Waals surface area contributed by atoms with E-state index in [4.69, 9.17) is 4.74 Å². The van der Waals surface area contributed by atoms with Crippen LogP contribution in [0.2, 0.25) is 0 Å². The lowest BCUT2D eigenvalue weighted by Crippen LogP contribution is -2.57. The van der Waals surface area contributed by atoms with Crippen LogP contribution in [0.15, 0.2) is 67.8 Å². The number of nitrogens with zero attached hydrogens (tertiary/aromatic N) is 3. The summed E-state index contributed by atoms with van der Waals surface area (Å²) >= 11 is 3.74. The first-order valence-corrected chi connectivity index (χ1v) is 15.2. The first-order valence-electron chi connectivity index (χ1n) is 14.3. The number of benzene rings is 2. The molecule has 41 heavy (non-hydrogen) atoms. The van der Waals surface area contributed by atoms with Crippen LogP contribution in [-0.2, 0) is 19.1 Å². The Hall–Kier alpha value is -3.01. The number of ether oxygens (including phenoxy) is 1. The Balaban J connectivity index is 1.56. The molecule has 5 rings (SSSR count). The molecule has 1 N–H and O–H groups in total. The molecule has 3 fully saturated rings. The molecule has 218 valence electrons. The average Bonchev–Trinajstić information content (AvgIpc) is 3.56. The molecular weight excluding hydrogens is 586 g/mol. The van der Waals surface area contributed by atoms with Gasteiger partial charge in [0.05, 0.1) is 17.9 Å². The van der Waals surface area contributed by atoms with E-state index < -0.39 is 29.6 Å². The molecule has 0 aliphatic carbocycles. The molecule has 2 bridgehead atoms. The number of aliphatic hydroxyl groups excluding tert-OH is 1. The minimum Gasteiger partial charge on any atom is -0.396 e. The average molecular weight is 625 g/mol. The predicted molar refractivity (Wildman–Crippen MR) is 163 cm³/mol. The maximum Gasteiger partial charge on any atom is 0.253 e. The second kappa shape index (κ2) is 12.1. The second-order valence-corrected chi connectivity index (χ2v) is 12.4. The highest BCUT2D eigenvalue weighted by molar-refractivity contribution is 9.09. The molecule has 6 atom stereocenters. The summed E-state index contributed by atoms with van der Waals surface area (Å²) in [6.45, 7) is 8.67. The highest BCUT2D eigenvalue weighted by atomic mass is 79.9. The third-order valence-corrected chi connectivity index (χ3v) is 9.61. The fourth-order valence-electron chi connectivity index (χ4n) is 6.98. The molecule has 2 aromatic carbocycles. The summed E-state index contributed by atoms with van der Waals surface area (Å²) in [5, 5.41) is 11.4. The fraction of sp³-hybridized carbons (Fsp3) is 0.469. The SMILES string of the molecule is C=CCN(C)C(=O)[C@H]1[C@H]2C(=O)N(CCCCCO)C(C(=O)N(CC=C)c3ccc4ccccc4c3)C23CC(Br)[C@@H]1O3. The molecule has 0 saturated carbocycles. The standard InChI is InChI=1S/C32H38BrN3O5/c1-4-15-34(3)29(38)25-26-30(39)36(17-9-6-10-18-37)28(32(26)20-24(33)27(25)41-32)31(40)35(16-5-2)23-14-13-21-11-7-8-12-22(21)19-23/h4-5,7-8,11-14,19,24-28,37H,1-2,6,9-10,15-18,20H2,3H3/t24?,25-,26-,27-,28?,32?/m0/s1. The summed E-state index contributed by atoms with van der Waals surface area (Å²) in [6, 6.07) is 12.9. The zero-order valence-corrected chi connectivity index (χ0v) is 25.0. The number of hydrogen-bond acceptors (Lipinski definition) is 5. The van der Waals surface area contributed by atoms with Gasteiger partial charge in [0.1, 0.15) is 11.6 Å². The molecule has 3 unspecified atom stereocenters. The van der Waals surface area contributed by atoms with Crippen LogP contribution >= 0.6 is 15.9 Å². The van der Waals surface area contributed by atoms with Crippen molar-refractivity contribution >= 4 is 50.1 Å². The van der Waals surface area contributed by atoms with Gasteiger partial charge in [-0.25, -0.2) is 0 Å². The molecule has 3 amide bonds. The normalized spacial score (nSPS) is 28.1. The zero-order chi connectivity index (χ0) is 29.3. The number of amides is 3. The maximum absolute atomic E-state index is 14.7. The van der Waals surface area contributed by atoms with Gasteiger partial charge in [0, 0.05) is 43.8 Å². The number of rotatable bonds is 12. The molecule has 3 saturated heterocycles. The van der Waals surface area contributed by atoms with Gasteiger partial charge in [0.2, 0.25) is 11.8 Å². The van der Waals surface area contributed by atoms with Gasteiger partial charge in [-0.3, -0.25) is 14.4 Å². The number of unbranched alkanes of at least 4 members (excludes halogenated alkanes) is 2. The minimum atomic E-state index is -1.13. The molecule has 3 aliphatic heterocycles. The molecule has 8 nitrogen and oxygen atoms in total. The minimum absolute atomic E-state index is 0.0697. The summed E-state index contributed by atoms with van der Waals surface area (Å²) in [5.74, 6) is -2.08. The number of halogens is 1. The number of aliphatic hydroxyl groups is 1. The molecule has 2 aromatic rings. The lowest BCUT2D eigenvalue weighted by molar-refractivity contribution is -0.144. The summed E-state index contributed by atoms with van der Waals surface area (Å²) in [5.41, 5.74) is -0.419. The van der Waals surface area contributed by atoms with Crippen LogP contribution in [0.1, 0.15) is 25.7 Å². The number of likely N-dealkylation sites (tertiary alicyclic amines) is 1. The van der Waals surface area contributed by atoms with Gasteiger partial charge in [-0.2, -0.15) is 0 Å². The van der Waals surface area contributed by atoms with Gasteiger partial charge in [0.25, 0.3) is 5.91 Å². The summed E-state index contributed by atoms with van der Waals surface area (Å²) in [6.07, 6.45) is 5.24. The van der Waals surface area contributed by atoms with E-state index >= 15 is 0 Å². The van der Waals surface area contributed by atoms with Gasteiger partial charge >= 0.3 is 0 Å². The molecule has 9 heteroatoms. The predicted octanol–water partition coefficient (Wildman–Crippen LogP) is 3.91. The van der Waals surface area contributed by atoms with Gasteiger partial charge in [-0.15, -0.1) is 13.2 Å². The first-order chi connectivity index (χ1) is 19.8. The lowest BCUT2D eigenvalue weighted by Gasteiger charge is -2.37. The Kier molecular flexibility index (Phi) is 8.68. The van der Waals surface area contributed by atoms with Gasteiger partial charge in [0.15, 0.2) is 0 Å². The first kappa shape index (κ1) is 29.5. The smallest absolute Gasteiger partial charge is 0.253 e. The van der Waals surface area contributed by atoms with Crippen molar-refractivity contribution in [1.29, 1.82) is 0 Å². The Morgan fingerprint density at radius 1 is 1.10 bits per heavy atom. The van der Waals surface area contributed by atoms with Crippen LogP contribution in [0.4, 0.5) is 5.69 Å². The summed E-state index contributed by atoms with van der Waals surface area (Å²) < 4.78 is 6.66. The van der Waals surface area contributed by atoms with E-state index in [0.717, 1.165) is 17.2 Å². The molecular formula is C32H38BrN3O5. The number of carbonyl (C=O) groups excluding carboxylic acids is 3. The Bertz CT molecular complexity index is 1350. The van der Waals surface area contributed by atoms with Crippen molar-refractivity contribution in [2.75, 3.05) is 38.2 Å². The number of anilines is 1. The third kappa shape index (κ3) is 5.02. The van der Waals surface area contributed by atoms with E-state index in [9.17, 15) is 19.5 Å². The zero-order valence-electron chi connectivity index (χ0n) is 23.5. The van der Waals surface area contributed by atoms with Crippen molar-refractivity contribution in [2.24, 2.45) is 11.8 Å². The Morgan fingerprint density at radius 2 is 1.83 bits per heavy atom. The summed E-state index contributed by atoms with van der Waals surface area (Å²) in [4.78, 5) is 47.4. The van der Waals surface area contributed by atoms with E-state index in [1.807, 2.05) is 42.5 Å². The van der Waals surface area contributed by atoms with Crippen molar-refractivity contribution in [2.45, 2.75) is 48.3 Å². The topological polar surface area (TPSA) is 90.4 Å². The van der Waals surface area contributed by atoms with Crippen LogP contribution in [0, 0.1) is 11.8 Å². The second-order valence-electron chi connectivity index (χ2n) is 11.3. The number of carbonyl (C=O) groups is 3. The lowest BCUT2D eigenvalue weighted by atomic mass is 9.70. The van der Waals surface area contributed by atoms with Gasteiger partial charge in [-0.1, -0.05) is 58.4 Å². The van der Waals surface area contributed by atoms with E-state index in [2.05, 4.69) is 29.1 Å². The summed E-state index contributed by atoms with van der Waals surface area (Å²) in [7, 11) is 1.70. The Morgan fingerprint density at radius 3 is 2.54 bits per heavy atom. The van der Waals surface area contributed by atoms with Crippen molar-refractivity contribution < 1.29 is 24.2 Å². The number of hydrogen-bond donors (Lipinski definition) is 1. The van der Waals surface area contributed by atoms with Crippen molar-refractivity contribution in [3.8, 4) is 0 Å². The highest BCUT2D eigenvalue weighted by Crippen LogP contribution is 2.60. The molecule has 3 aliphatic rings. The monoisotopic (exact) mass is 623 g/mol. The Labute approximate surface area is 249 Å². The molecule has 1 spiro atoms. The van der Waals surface area contributed by atoms with E-state index in [1.54, 1.807) is 33.9 Å². The van der Waals surface area contributed by atoms with Crippen LogP contribution in [-0.4, -0.2) is 88.5 Å². The largest absolute Gasteiger partial charge is 0.396 e. The van der Waals surface area contributed by atoms with Gasteiger partial charge < -0.3 is 24.5 Å². The van der Waals surface area contributed by atoms with Crippen molar-refractivity contribution in [3.63, 3.8) is 0 Å². The van der Waals surface area contributed by atoms with Crippen molar-refractivity contribution in [3.05, 3.63) is 67.8 Å². The number of alkyl halides is 1. The fourth-order valence-corrected chi connectivity index (χ4v) is 7.93. The highest BCUT2D eigenvalue weighted by Gasteiger charge is 2.76. The molecule has 3 heterocycles. The number of likely N-dealkylation sites (N-methyl/N-ethyl adjacent to an activating group) is 1. The molecule has 0 aromatic heterocycles. The third-order valence-electron chi connectivity index (χ3n) is 8.77. The van der Waals surface area contributed by atoms with E-state index in [-0.39, 0.29) is 35.7 Å². The number of fused-ring (bicyclic) bond motifs is 2. The van der Waals surface area contributed by atoms with E-state index in [1.165, 1.54) is 0 Å².